The van der Waals surface area contributed by atoms with Gasteiger partial charge in [0.05, 0.1) is 19.1 Å². The van der Waals surface area contributed by atoms with E-state index in [1.54, 1.807) is 14.0 Å². The quantitative estimate of drug-likeness (QED) is 0.783. The molecule has 26 heavy (non-hydrogen) atoms. The number of benzene rings is 2. The molecule has 4 nitrogen and oxygen atoms in total. The first-order chi connectivity index (χ1) is 12.5. The number of ketones is 1. The van der Waals surface area contributed by atoms with Crippen LogP contribution in [-0.4, -0.2) is 25.5 Å². The fourth-order valence-corrected chi connectivity index (χ4v) is 4.41. The van der Waals surface area contributed by atoms with Gasteiger partial charge in [0.25, 0.3) is 0 Å². The smallest absolute Gasteiger partial charge is 0.334 e. The van der Waals surface area contributed by atoms with Crippen LogP contribution in [0.1, 0.15) is 37.8 Å². The summed E-state index contributed by atoms with van der Waals surface area (Å²) in [4.78, 5) is 25.2. The molecule has 2 aromatic rings. The van der Waals surface area contributed by atoms with E-state index in [0.717, 1.165) is 40.5 Å². The third-order valence-corrected chi connectivity index (χ3v) is 5.81. The van der Waals surface area contributed by atoms with E-state index in [9.17, 15) is 9.59 Å². The van der Waals surface area contributed by atoms with Gasteiger partial charge in [-0.1, -0.05) is 18.2 Å². The minimum atomic E-state index is -0.588. The number of rotatable bonds is 3. The number of carbonyl (C=O) groups is 2. The second-order valence-corrected chi connectivity index (χ2v) is 7.18. The van der Waals surface area contributed by atoms with Crippen molar-refractivity contribution >= 4 is 28.1 Å². The Morgan fingerprint density at radius 3 is 2.77 bits per heavy atom. The zero-order chi connectivity index (χ0) is 18.5. The van der Waals surface area contributed by atoms with Gasteiger partial charge in [-0.05, 0) is 66.3 Å². The van der Waals surface area contributed by atoms with E-state index in [0.29, 0.717) is 12.2 Å². The molecule has 4 heteroatoms. The van der Waals surface area contributed by atoms with Gasteiger partial charge in [-0.3, -0.25) is 4.79 Å². The molecule has 0 aliphatic heterocycles. The summed E-state index contributed by atoms with van der Waals surface area (Å²) in [5, 5.41) is 2.26. The highest BCUT2D eigenvalue weighted by Crippen LogP contribution is 2.54. The molecule has 2 aliphatic rings. The number of methoxy groups -OCH3 is 1. The third-order valence-electron chi connectivity index (χ3n) is 5.81. The van der Waals surface area contributed by atoms with Crippen LogP contribution in [0, 0.1) is 5.41 Å². The maximum Gasteiger partial charge on any atom is 0.334 e. The third kappa shape index (κ3) is 2.28. The molecule has 0 spiro atoms. The van der Waals surface area contributed by atoms with Crippen molar-refractivity contribution in [1.82, 2.24) is 0 Å². The van der Waals surface area contributed by atoms with Gasteiger partial charge < -0.3 is 9.47 Å². The van der Waals surface area contributed by atoms with Crippen molar-refractivity contribution in [1.29, 1.82) is 0 Å². The fourth-order valence-electron chi connectivity index (χ4n) is 4.41. The van der Waals surface area contributed by atoms with E-state index in [2.05, 4.69) is 6.07 Å². The normalized spacial score (nSPS) is 21.6. The van der Waals surface area contributed by atoms with Crippen molar-refractivity contribution in [2.24, 2.45) is 5.41 Å². The predicted octanol–water partition coefficient (Wildman–Crippen LogP) is 4.09. The molecule has 2 aliphatic carbocycles. The van der Waals surface area contributed by atoms with Gasteiger partial charge in [0.15, 0.2) is 0 Å². The molecule has 1 atom stereocenters. The van der Waals surface area contributed by atoms with Gasteiger partial charge in [-0.25, -0.2) is 4.79 Å². The molecule has 0 saturated carbocycles. The van der Waals surface area contributed by atoms with Crippen molar-refractivity contribution in [3.8, 4) is 5.75 Å². The SMILES string of the molecule is CCOC(=O)C1=C2c3ccc4cc(OC)ccc4c3CC[C@]2(C)C(=O)C1. The van der Waals surface area contributed by atoms with Crippen LogP contribution in [0.2, 0.25) is 0 Å². The predicted molar refractivity (Wildman–Crippen MR) is 100 cm³/mol. The van der Waals surface area contributed by atoms with Crippen LogP contribution in [0.5, 0.6) is 5.75 Å². The van der Waals surface area contributed by atoms with Crippen molar-refractivity contribution in [3.63, 3.8) is 0 Å². The Morgan fingerprint density at radius 2 is 2.04 bits per heavy atom. The minimum Gasteiger partial charge on any atom is -0.497 e. The zero-order valence-corrected chi connectivity index (χ0v) is 15.3. The second-order valence-electron chi connectivity index (χ2n) is 7.18. The fraction of sp³-hybridized carbons (Fsp3) is 0.364. The molecule has 0 N–H and O–H groups in total. The number of fused-ring (bicyclic) bond motifs is 5. The van der Waals surface area contributed by atoms with Gasteiger partial charge in [0.2, 0.25) is 0 Å². The van der Waals surface area contributed by atoms with Crippen LogP contribution >= 0.6 is 0 Å². The molecule has 0 radical (unpaired) electrons. The highest BCUT2D eigenvalue weighted by Gasteiger charge is 2.49. The largest absolute Gasteiger partial charge is 0.497 e. The van der Waals surface area contributed by atoms with Crippen molar-refractivity contribution in [3.05, 3.63) is 47.0 Å². The van der Waals surface area contributed by atoms with Gasteiger partial charge in [-0.15, -0.1) is 0 Å². The van der Waals surface area contributed by atoms with E-state index in [-0.39, 0.29) is 18.2 Å². The van der Waals surface area contributed by atoms with Crippen LogP contribution in [0.4, 0.5) is 0 Å². The summed E-state index contributed by atoms with van der Waals surface area (Å²) in [6.07, 6.45) is 1.72. The topological polar surface area (TPSA) is 52.6 Å². The minimum absolute atomic E-state index is 0.121. The van der Waals surface area contributed by atoms with E-state index >= 15 is 0 Å². The first-order valence-corrected chi connectivity index (χ1v) is 9.03. The standard InChI is InChI=1S/C22H22O4/c1-4-26-21(24)18-12-19(23)22(2)10-9-16-15-8-6-14(25-3)11-13(15)5-7-17(16)20(18)22/h5-8,11H,4,9-10,12H2,1-3H3/t22-/m1/s1. The Kier molecular flexibility index (Phi) is 3.87. The molecule has 134 valence electrons. The molecule has 0 bridgehead atoms. The maximum absolute atomic E-state index is 12.7. The van der Waals surface area contributed by atoms with Crippen molar-refractivity contribution in [2.75, 3.05) is 13.7 Å². The monoisotopic (exact) mass is 350 g/mol. The number of aryl methyl sites for hydroxylation is 1. The van der Waals surface area contributed by atoms with Crippen LogP contribution in [0.15, 0.2) is 35.9 Å². The van der Waals surface area contributed by atoms with Crippen LogP contribution in [0.3, 0.4) is 0 Å². The summed E-state index contributed by atoms with van der Waals surface area (Å²) < 4.78 is 10.6. The maximum atomic E-state index is 12.7. The van der Waals surface area contributed by atoms with E-state index in [1.165, 1.54) is 5.56 Å². The van der Waals surface area contributed by atoms with Gasteiger partial charge in [0, 0.05) is 12.0 Å². The van der Waals surface area contributed by atoms with Crippen LogP contribution in [-0.2, 0) is 20.7 Å². The molecule has 0 heterocycles. The van der Waals surface area contributed by atoms with Crippen molar-refractivity contribution in [2.45, 2.75) is 33.1 Å². The first-order valence-electron chi connectivity index (χ1n) is 9.03. The lowest BCUT2D eigenvalue weighted by Gasteiger charge is -2.34. The average Bonchev–Trinajstić information content (AvgIpc) is 2.92. The summed E-state index contributed by atoms with van der Waals surface area (Å²) in [5.74, 6) is 0.582. The molecular weight excluding hydrogens is 328 g/mol. The number of ether oxygens (including phenoxy) is 2. The highest BCUT2D eigenvalue weighted by molar-refractivity contribution is 6.16. The molecule has 0 unspecified atom stereocenters. The van der Waals surface area contributed by atoms with Crippen molar-refractivity contribution < 1.29 is 19.1 Å². The molecule has 4 rings (SSSR count). The summed E-state index contributed by atoms with van der Waals surface area (Å²) in [6.45, 7) is 4.07. The molecular formula is C22H22O4. The van der Waals surface area contributed by atoms with Gasteiger partial charge in [0.1, 0.15) is 11.5 Å². The molecule has 2 aromatic carbocycles. The summed E-state index contributed by atoms with van der Waals surface area (Å²) >= 11 is 0. The van der Waals surface area contributed by atoms with Crippen LogP contribution < -0.4 is 4.74 Å². The summed E-state index contributed by atoms with van der Waals surface area (Å²) in [7, 11) is 1.66. The van der Waals surface area contributed by atoms with E-state index in [4.69, 9.17) is 9.47 Å². The second kappa shape index (κ2) is 5.97. The van der Waals surface area contributed by atoms with Gasteiger partial charge in [-0.2, -0.15) is 0 Å². The number of carbonyl (C=O) groups excluding carboxylic acids is 2. The van der Waals surface area contributed by atoms with E-state index in [1.807, 2.05) is 31.2 Å². The Morgan fingerprint density at radius 1 is 1.23 bits per heavy atom. The summed E-state index contributed by atoms with van der Waals surface area (Å²) in [5.41, 5.74) is 3.04. The number of hydrogen-bond acceptors (Lipinski definition) is 4. The van der Waals surface area contributed by atoms with Crippen LogP contribution in [0.25, 0.3) is 16.3 Å². The Bertz CT molecular complexity index is 970. The molecule has 0 amide bonds. The number of allylic oxidation sites excluding steroid dienone is 1. The lowest BCUT2D eigenvalue weighted by molar-refractivity contribution is -0.139. The highest BCUT2D eigenvalue weighted by atomic mass is 16.5. The zero-order valence-electron chi connectivity index (χ0n) is 15.3. The molecule has 0 saturated heterocycles. The van der Waals surface area contributed by atoms with Gasteiger partial charge >= 0.3 is 5.97 Å². The summed E-state index contributed by atoms with van der Waals surface area (Å²) in [6, 6.07) is 10.1. The number of Topliss-reactive ketones (excluding diaryl/α,β-unsaturated/α-hetero) is 1. The lowest BCUT2D eigenvalue weighted by atomic mass is 9.68. The Hall–Kier alpha value is -2.62. The lowest BCUT2D eigenvalue weighted by Crippen LogP contribution is -2.29. The number of esters is 1. The number of hydrogen-bond donors (Lipinski definition) is 0. The average molecular weight is 350 g/mol. The molecule has 0 aromatic heterocycles. The molecule has 0 fully saturated rings. The van der Waals surface area contributed by atoms with E-state index < -0.39 is 5.41 Å². The Labute approximate surface area is 152 Å². The first kappa shape index (κ1) is 16.8. The Balaban J connectivity index is 1.96.